The smallest absolute Gasteiger partial charge is 0.261 e. The summed E-state index contributed by atoms with van der Waals surface area (Å²) in [5.41, 5.74) is 7.60. The molecule has 2 aromatic rings. The quantitative estimate of drug-likeness (QED) is 0.912. The van der Waals surface area contributed by atoms with Crippen LogP contribution in [0.4, 0.5) is 0 Å². The first-order valence-electron chi connectivity index (χ1n) is 7.05. The minimum atomic E-state index is -1.07. The van der Waals surface area contributed by atoms with Gasteiger partial charge in [-0.1, -0.05) is 12.1 Å². The van der Waals surface area contributed by atoms with E-state index < -0.39 is 5.54 Å². The van der Waals surface area contributed by atoms with E-state index >= 15 is 0 Å². The minimum absolute atomic E-state index is 0.189. The first-order valence-corrected chi connectivity index (χ1v) is 7.05. The van der Waals surface area contributed by atoms with Crippen LogP contribution < -0.4 is 5.73 Å². The van der Waals surface area contributed by atoms with E-state index in [0.29, 0.717) is 11.1 Å². The van der Waals surface area contributed by atoms with Gasteiger partial charge in [0, 0.05) is 30.6 Å². The van der Waals surface area contributed by atoms with Gasteiger partial charge in [-0.05, 0) is 30.7 Å². The van der Waals surface area contributed by atoms with Crippen molar-refractivity contribution in [2.45, 2.75) is 12.5 Å². The van der Waals surface area contributed by atoms with Gasteiger partial charge in [0.25, 0.3) is 5.91 Å². The average molecular weight is 305 g/mol. The molecule has 0 saturated carbocycles. The zero-order valence-corrected chi connectivity index (χ0v) is 12.8. The molecule has 1 unspecified atom stereocenters. The maximum Gasteiger partial charge on any atom is 0.261 e. The van der Waals surface area contributed by atoms with Crippen molar-refractivity contribution in [3.63, 3.8) is 0 Å². The highest BCUT2D eigenvalue weighted by Crippen LogP contribution is 2.33. The zero-order valence-electron chi connectivity index (χ0n) is 12.8. The monoisotopic (exact) mass is 305 g/mol. The van der Waals surface area contributed by atoms with Crippen LogP contribution in [0.5, 0.6) is 0 Å². The Morgan fingerprint density at radius 3 is 2.70 bits per heavy atom. The van der Waals surface area contributed by atoms with E-state index in [9.17, 15) is 4.79 Å². The number of rotatable bonds is 2. The molecule has 114 valence electrons. The fourth-order valence-electron chi connectivity index (χ4n) is 2.60. The van der Waals surface area contributed by atoms with Crippen molar-refractivity contribution < 1.29 is 4.79 Å². The van der Waals surface area contributed by atoms with E-state index in [4.69, 9.17) is 11.0 Å². The Bertz CT molecular complexity index is 867. The molecule has 0 saturated heterocycles. The summed E-state index contributed by atoms with van der Waals surface area (Å²) in [5.74, 6) is -0.00546. The molecule has 6 heteroatoms. The molecule has 2 N–H and O–H groups in total. The Morgan fingerprint density at radius 1 is 1.26 bits per heavy atom. The number of guanidine groups is 1. The first kappa shape index (κ1) is 14.7. The molecule has 23 heavy (non-hydrogen) atoms. The van der Waals surface area contributed by atoms with Crippen molar-refractivity contribution in [2.75, 3.05) is 7.05 Å². The number of aliphatic imine (C=N–C) groups is 1. The van der Waals surface area contributed by atoms with Crippen LogP contribution >= 0.6 is 0 Å². The maximum absolute atomic E-state index is 12.4. The number of hydrogen-bond donors (Lipinski definition) is 1. The van der Waals surface area contributed by atoms with Gasteiger partial charge in [-0.25, -0.2) is 4.99 Å². The van der Waals surface area contributed by atoms with Gasteiger partial charge in [-0.3, -0.25) is 14.7 Å². The lowest BCUT2D eigenvalue weighted by molar-refractivity contribution is -0.130. The number of benzene rings is 1. The Kier molecular flexibility index (Phi) is 3.34. The zero-order chi connectivity index (χ0) is 16.6. The van der Waals surface area contributed by atoms with E-state index in [-0.39, 0.29) is 11.9 Å². The summed E-state index contributed by atoms with van der Waals surface area (Å²) in [6.07, 6.45) is 3.31. The standard InChI is InChI=1S/C17H15N5O/c1-17(15(23)22(2)16(19)21-17)14-7-13(9-20-10-14)12-5-3-4-11(6-12)8-18/h3-7,9-10H,1-2H3,(H2,19,21). The largest absolute Gasteiger partial charge is 0.369 e. The Balaban J connectivity index is 2.08. The number of carbonyl (C=O) groups is 1. The molecule has 1 amide bonds. The lowest BCUT2D eigenvalue weighted by Crippen LogP contribution is -2.38. The van der Waals surface area contributed by atoms with Crippen LogP contribution in [-0.4, -0.2) is 28.8 Å². The Labute approximate surface area is 133 Å². The second kappa shape index (κ2) is 5.21. The first-order chi connectivity index (χ1) is 11.0. The number of amides is 1. The minimum Gasteiger partial charge on any atom is -0.369 e. The molecular formula is C17H15N5O. The van der Waals surface area contributed by atoms with E-state index in [1.165, 1.54) is 4.90 Å². The SMILES string of the molecule is CN1C(=O)C(C)(c2cncc(-c3cccc(C#N)c3)c2)N=C1N. The fourth-order valence-corrected chi connectivity index (χ4v) is 2.60. The second-order valence-electron chi connectivity index (χ2n) is 5.56. The number of nitrogens with zero attached hydrogens (tertiary/aromatic N) is 4. The maximum atomic E-state index is 12.4. The van der Waals surface area contributed by atoms with Crippen LogP contribution in [0.3, 0.4) is 0 Å². The summed E-state index contributed by atoms with van der Waals surface area (Å²) < 4.78 is 0. The highest BCUT2D eigenvalue weighted by atomic mass is 16.2. The number of hydrogen-bond acceptors (Lipinski definition) is 5. The predicted molar refractivity (Wildman–Crippen MR) is 86.1 cm³/mol. The van der Waals surface area contributed by atoms with Crippen LogP contribution in [-0.2, 0) is 10.3 Å². The van der Waals surface area contributed by atoms with Crippen molar-refractivity contribution >= 4 is 11.9 Å². The summed E-state index contributed by atoms with van der Waals surface area (Å²) >= 11 is 0. The van der Waals surface area contributed by atoms with E-state index in [1.54, 1.807) is 38.5 Å². The van der Waals surface area contributed by atoms with E-state index in [1.807, 2.05) is 18.2 Å². The number of carbonyl (C=O) groups excluding carboxylic acids is 1. The predicted octanol–water partition coefficient (Wildman–Crippen LogP) is 1.62. The van der Waals surface area contributed by atoms with Crippen molar-refractivity contribution in [3.8, 4) is 17.2 Å². The van der Waals surface area contributed by atoms with Crippen molar-refractivity contribution in [1.29, 1.82) is 5.26 Å². The van der Waals surface area contributed by atoms with Gasteiger partial charge in [-0.2, -0.15) is 5.26 Å². The number of pyridine rings is 1. The topological polar surface area (TPSA) is 95.4 Å². The van der Waals surface area contributed by atoms with Gasteiger partial charge in [0.1, 0.15) is 0 Å². The van der Waals surface area contributed by atoms with Crippen LogP contribution in [0.1, 0.15) is 18.1 Å². The molecule has 0 fully saturated rings. The average Bonchev–Trinajstić information content (AvgIpc) is 2.79. The van der Waals surface area contributed by atoms with Gasteiger partial charge in [0.2, 0.25) is 0 Å². The van der Waals surface area contributed by atoms with E-state index in [2.05, 4.69) is 16.0 Å². The van der Waals surface area contributed by atoms with Gasteiger partial charge in [0.15, 0.2) is 11.5 Å². The van der Waals surface area contributed by atoms with Crippen LogP contribution in [0.25, 0.3) is 11.1 Å². The highest BCUT2D eigenvalue weighted by molar-refractivity contribution is 6.06. The van der Waals surface area contributed by atoms with Crippen molar-refractivity contribution in [2.24, 2.45) is 10.7 Å². The summed E-state index contributed by atoms with van der Waals surface area (Å²) in [7, 11) is 1.60. The molecule has 0 bridgehead atoms. The molecule has 2 heterocycles. The number of nitrogens with two attached hydrogens (primary N) is 1. The molecule has 3 rings (SSSR count). The second-order valence-corrected chi connectivity index (χ2v) is 5.56. The third kappa shape index (κ3) is 2.32. The van der Waals surface area contributed by atoms with Crippen LogP contribution in [0, 0.1) is 11.3 Å². The molecule has 1 aromatic heterocycles. The number of nitriles is 1. The van der Waals surface area contributed by atoms with Gasteiger partial charge in [0.05, 0.1) is 11.6 Å². The number of likely N-dealkylation sites (N-methyl/N-ethyl adjacent to an activating group) is 1. The van der Waals surface area contributed by atoms with Gasteiger partial charge in [-0.15, -0.1) is 0 Å². The highest BCUT2D eigenvalue weighted by Gasteiger charge is 2.44. The molecule has 1 aliphatic rings. The van der Waals surface area contributed by atoms with Crippen LogP contribution in [0.2, 0.25) is 0 Å². The molecule has 6 nitrogen and oxygen atoms in total. The normalized spacial score (nSPS) is 20.3. The fraction of sp³-hybridized carbons (Fsp3) is 0.176. The Hall–Kier alpha value is -3.20. The van der Waals surface area contributed by atoms with Gasteiger partial charge < -0.3 is 5.73 Å². The summed E-state index contributed by atoms with van der Waals surface area (Å²) in [4.78, 5) is 22.3. The molecule has 1 atom stereocenters. The number of aromatic nitrogens is 1. The molecular weight excluding hydrogens is 290 g/mol. The van der Waals surface area contributed by atoms with E-state index in [0.717, 1.165) is 11.1 Å². The third-order valence-electron chi connectivity index (χ3n) is 4.03. The summed E-state index contributed by atoms with van der Waals surface area (Å²) in [5, 5.41) is 9.02. The molecule has 0 spiro atoms. The molecule has 0 radical (unpaired) electrons. The lowest BCUT2D eigenvalue weighted by atomic mass is 9.91. The van der Waals surface area contributed by atoms with Gasteiger partial charge >= 0.3 is 0 Å². The molecule has 1 aliphatic heterocycles. The van der Waals surface area contributed by atoms with Crippen molar-refractivity contribution in [3.05, 3.63) is 53.9 Å². The van der Waals surface area contributed by atoms with Crippen LogP contribution in [0.15, 0.2) is 47.7 Å². The summed E-state index contributed by atoms with van der Waals surface area (Å²) in [6.45, 7) is 1.72. The summed E-state index contributed by atoms with van der Waals surface area (Å²) in [6, 6.07) is 11.2. The third-order valence-corrected chi connectivity index (χ3v) is 4.03. The molecule has 1 aromatic carbocycles. The Morgan fingerprint density at radius 2 is 2.04 bits per heavy atom. The lowest BCUT2D eigenvalue weighted by Gasteiger charge is -2.20. The van der Waals surface area contributed by atoms with Crippen molar-refractivity contribution in [1.82, 2.24) is 9.88 Å². The molecule has 0 aliphatic carbocycles.